The quantitative estimate of drug-likeness (QED) is 0.472. The van der Waals surface area contributed by atoms with E-state index < -0.39 is 6.10 Å². The third-order valence-corrected chi connectivity index (χ3v) is 6.27. The van der Waals surface area contributed by atoms with Gasteiger partial charge in [-0.15, -0.1) is 0 Å². The summed E-state index contributed by atoms with van der Waals surface area (Å²) in [5.74, 6) is 3.38. The fraction of sp³-hybridized carbons (Fsp3) is 0.667. The van der Waals surface area contributed by atoms with E-state index in [1.807, 2.05) is 17.9 Å². The largest absolute Gasteiger partial charge is 0.389 e. The van der Waals surface area contributed by atoms with E-state index in [9.17, 15) is 14.7 Å². The number of nitrogens with one attached hydrogen (secondary N) is 1. The first kappa shape index (κ1) is 19.6. The van der Waals surface area contributed by atoms with Gasteiger partial charge in [-0.2, -0.15) is 16.1 Å². The molecular formula is C15H23N3O3S3. The molecule has 2 N–H and O–H groups in total. The van der Waals surface area contributed by atoms with Crippen LogP contribution in [0, 0.1) is 0 Å². The molecular weight excluding hydrogens is 366 g/mol. The highest BCUT2D eigenvalue weighted by atomic mass is 32.2. The van der Waals surface area contributed by atoms with E-state index in [2.05, 4.69) is 9.36 Å². The Morgan fingerprint density at radius 2 is 2.33 bits per heavy atom. The van der Waals surface area contributed by atoms with Gasteiger partial charge in [-0.1, -0.05) is 30.8 Å². The first-order valence-electron chi connectivity index (χ1n) is 8.02. The molecule has 134 valence electrons. The summed E-state index contributed by atoms with van der Waals surface area (Å²) in [6, 6.07) is 0.0874. The summed E-state index contributed by atoms with van der Waals surface area (Å²) in [5.41, 5.74) is 0. The highest BCUT2D eigenvalue weighted by molar-refractivity contribution is 8.13. The van der Waals surface area contributed by atoms with Crippen LogP contribution in [0.15, 0.2) is 16.9 Å². The maximum Gasteiger partial charge on any atom is 0.323 e. The predicted molar refractivity (Wildman–Crippen MR) is 102 cm³/mol. The van der Waals surface area contributed by atoms with Gasteiger partial charge in [0.05, 0.1) is 12.1 Å². The molecule has 0 saturated carbocycles. The summed E-state index contributed by atoms with van der Waals surface area (Å²) in [7, 11) is 0. The van der Waals surface area contributed by atoms with Gasteiger partial charge in [0.1, 0.15) is 5.82 Å². The summed E-state index contributed by atoms with van der Waals surface area (Å²) < 4.78 is 4.04. The topological polar surface area (TPSA) is 86.3 Å². The lowest BCUT2D eigenvalue weighted by atomic mass is 10.2. The molecule has 24 heavy (non-hydrogen) atoms. The predicted octanol–water partition coefficient (Wildman–Crippen LogP) is 2.36. The van der Waals surface area contributed by atoms with Crippen molar-refractivity contribution in [2.24, 2.45) is 0 Å². The van der Waals surface area contributed by atoms with E-state index in [4.69, 9.17) is 0 Å². The summed E-state index contributed by atoms with van der Waals surface area (Å²) in [4.78, 5) is 27.4. The Hall–Kier alpha value is -0.770. The van der Waals surface area contributed by atoms with Crippen molar-refractivity contribution in [3.8, 4) is 0 Å². The van der Waals surface area contributed by atoms with Crippen LogP contribution in [0.25, 0.3) is 0 Å². The Morgan fingerprint density at radius 3 is 3.04 bits per heavy atom. The molecule has 6 nitrogen and oxygen atoms in total. The number of hydrogen-bond acceptors (Lipinski definition) is 7. The van der Waals surface area contributed by atoms with Gasteiger partial charge in [-0.25, -0.2) is 0 Å². The molecule has 9 heteroatoms. The smallest absolute Gasteiger partial charge is 0.323 e. The molecule has 2 atom stereocenters. The number of carbonyl (C=O) groups excluding carboxylic acids is 1. The second kappa shape index (κ2) is 10.3. The number of aromatic amines is 1. The lowest BCUT2D eigenvalue weighted by molar-refractivity contribution is 0.214. The molecule has 0 spiro atoms. The summed E-state index contributed by atoms with van der Waals surface area (Å²) in [6.45, 7) is 2.65. The average Bonchev–Trinajstić information content (AvgIpc) is 3.14. The maximum absolute atomic E-state index is 11.9. The van der Waals surface area contributed by atoms with Gasteiger partial charge >= 0.3 is 4.87 Å². The molecule has 1 aliphatic rings. The zero-order chi connectivity index (χ0) is 17.4. The molecule has 1 amide bonds. The van der Waals surface area contributed by atoms with E-state index >= 15 is 0 Å². The van der Waals surface area contributed by atoms with Crippen LogP contribution in [0.4, 0.5) is 4.79 Å². The van der Waals surface area contributed by atoms with Crippen molar-refractivity contribution in [2.75, 3.05) is 23.8 Å². The van der Waals surface area contributed by atoms with Crippen LogP contribution < -0.4 is 4.87 Å². The number of thioether (sulfide) groups is 2. The number of rotatable bonds is 10. The lowest BCUT2D eigenvalue weighted by Crippen LogP contribution is -2.34. The molecule has 2 heterocycles. The van der Waals surface area contributed by atoms with Gasteiger partial charge in [-0.3, -0.25) is 14.6 Å². The van der Waals surface area contributed by atoms with Gasteiger partial charge in [0.2, 0.25) is 0 Å². The van der Waals surface area contributed by atoms with Gasteiger partial charge in [0, 0.05) is 36.0 Å². The van der Waals surface area contributed by atoms with E-state index in [1.54, 1.807) is 17.8 Å². The number of aromatic nitrogens is 2. The van der Waals surface area contributed by atoms with Crippen molar-refractivity contribution < 1.29 is 9.90 Å². The van der Waals surface area contributed by atoms with Crippen molar-refractivity contribution in [2.45, 2.75) is 38.3 Å². The number of H-pyrrole nitrogens is 1. The Morgan fingerprint density at radius 1 is 1.50 bits per heavy atom. The zero-order valence-corrected chi connectivity index (χ0v) is 16.1. The Bertz CT molecular complexity index is 602. The standard InChI is InChI=1S/C15H23N3O3S3/c1-2-12(19)6-5-11-10-23-15(21)18(11)7-9-22-8-3-4-13-16-14(20)24-17-13/h5-6,11-12,19H,2-4,7-10H2,1H3,(H,16,17,20)/b6-5+/t11-,12-/m0/s1. The SMILES string of the molecule is CC[C@H](O)/C=C/[C@H]1CSC(=O)N1CCSCCCc1nsc(=O)[nH]1. The lowest BCUT2D eigenvalue weighted by Gasteiger charge is -2.21. The number of aliphatic hydroxyl groups excluding tert-OH is 1. The minimum absolute atomic E-state index is 0.0874. The molecule has 1 saturated heterocycles. The van der Waals surface area contributed by atoms with Crippen LogP contribution >= 0.6 is 35.1 Å². The second-order valence-electron chi connectivity index (χ2n) is 5.46. The van der Waals surface area contributed by atoms with Crippen LogP contribution in [0.3, 0.4) is 0 Å². The first-order chi connectivity index (χ1) is 11.6. The van der Waals surface area contributed by atoms with E-state index in [0.717, 1.165) is 54.0 Å². The fourth-order valence-electron chi connectivity index (χ4n) is 2.25. The van der Waals surface area contributed by atoms with E-state index in [1.165, 1.54) is 11.8 Å². The molecule has 0 bridgehead atoms. The van der Waals surface area contributed by atoms with Crippen molar-refractivity contribution >= 4 is 40.3 Å². The first-order valence-corrected chi connectivity index (χ1v) is 10.9. The van der Waals surface area contributed by atoms with E-state index in [0.29, 0.717) is 6.42 Å². The summed E-state index contributed by atoms with van der Waals surface area (Å²) in [5, 5.41) is 9.73. The molecule has 0 aromatic carbocycles. The molecule has 1 aromatic heterocycles. The fourth-order valence-corrected chi connectivity index (χ4v) is 4.62. The van der Waals surface area contributed by atoms with Crippen molar-refractivity contribution in [3.05, 3.63) is 27.6 Å². The molecule has 0 radical (unpaired) electrons. The normalized spacial score (nSPS) is 19.5. The minimum Gasteiger partial charge on any atom is -0.389 e. The number of hydrogen-bond donors (Lipinski definition) is 2. The number of carbonyl (C=O) groups is 1. The number of aliphatic hydroxyl groups is 1. The van der Waals surface area contributed by atoms with Gasteiger partial charge in [0.25, 0.3) is 5.24 Å². The third-order valence-electron chi connectivity index (χ3n) is 3.65. The number of aryl methyl sites for hydroxylation is 1. The molecule has 1 aromatic rings. The third kappa shape index (κ3) is 6.27. The Labute approximate surface area is 154 Å². The number of amides is 1. The zero-order valence-electron chi connectivity index (χ0n) is 13.6. The minimum atomic E-state index is -0.431. The highest BCUT2D eigenvalue weighted by Gasteiger charge is 2.29. The monoisotopic (exact) mass is 389 g/mol. The van der Waals surface area contributed by atoms with Gasteiger partial charge in [0.15, 0.2) is 0 Å². The number of nitrogens with zero attached hydrogens (tertiary/aromatic N) is 2. The average molecular weight is 390 g/mol. The van der Waals surface area contributed by atoms with Gasteiger partial charge < -0.3 is 10.0 Å². The van der Waals surface area contributed by atoms with Crippen LogP contribution in [0.1, 0.15) is 25.6 Å². The Balaban J connectivity index is 1.65. The van der Waals surface area contributed by atoms with Crippen LogP contribution in [-0.4, -0.2) is 60.6 Å². The second-order valence-corrected chi connectivity index (χ2v) is 8.39. The summed E-state index contributed by atoms with van der Waals surface area (Å²) >= 11 is 4.11. The van der Waals surface area contributed by atoms with Crippen LogP contribution in [0.5, 0.6) is 0 Å². The molecule has 1 aliphatic heterocycles. The van der Waals surface area contributed by atoms with E-state index in [-0.39, 0.29) is 16.2 Å². The summed E-state index contributed by atoms with van der Waals surface area (Å²) in [6.07, 6.45) is 5.74. The molecule has 1 fully saturated rings. The van der Waals surface area contributed by atoms with Gasteiger partial charge in [-0.05, 0) is 18.6 Å². The molecule has 2 rings (SSSR count). The van der Waals surface area contributed by atoms with Crippen molar-refractivity contribution in [1.82, 2.24) is 14.3 Å². The van der Waals surface area contributed by atoms with Crippen LogP contribution in [0.2, 0.25) is 0 Å². The Kier molecular flexibility index (Phi) is 8.37. The van der Waals surface area contributed by atoms with Crippen LogP contribution in [-0.2, 0) is 6.42 Å². The van der Waals surface area contributed by atoms with Crippen molar-refractivity contribution in [1.29, 1.82) is 0 Å². The molecule has 0 unspecified atom stereocenters. The highest BCUT2D eigenvalue weighted by Crippen LogP contribution is 2.25. The van der Waals surface area contributed by atoms with Crippen molar-refractivity contribution in [3.63, 3.8) is 0 Å². The maximum atomic E-state index is 11.9. The molecule has 0 aliphatic carbocycles.